The molecular weight excluding hydrogens is 454 g/mol. The molecule has 1 aliphatic heterocycles. The van der Waals surface area contributed by atoms with Crippen molar-refractivity contribution in [2.45, 2.75) is 31.9 Å². The van der Waals surface area contributed by atoms with Gasteiger partial charge in [0, 0.05) is 17.7 Å². The van der Waals surface area contributed by atoms with Crippen LogP contribution < -0.4 is 20.5 Å². The molecule has 7 nitrogen and oxygen atoms in total. The van der Waals surface area contributed by atoms with Gasteiger partial charge in [-0.05, 0) is 61.8 Å². The van der Waals surface area contributed by atoms with Crippen LogP contribution in [-0.4, -0.2) is 43.5 Å². The fourth-order valence-electron chi connectivity index (χ4n) is 4.66. The second kappa shape index (κ2) is 12.2. The van der Waals surface area contributed by atoms with Crippen molar-refractivity contribution in [1.82, 2.24) is 10.2 Å². The molecule has 3 aromatic rings. The molecule has 2 amide bonds. The SMILES string of the molecule is COc1ccccc1C(CNC(=O)c1cccc(COc2ccccc2C(N)=O)c1)N1CCCCC1. The van der Waals surface area contributed by atoms with Crippen molar-refractivity contribution < 1.29 is 19.1 Å². The van der Waals surface area contributed by atoms with E-state index in [1.54, 1.807) is 43.5 Å². The van der Waals surface area contributed by atoms with Gasteiger partial charge in [-0.3, -0.25) is 14.5 Å². The van der Waals surface area contributed by atoms with Crippen LogP contribution in [0.1, 0.15) is 57.1 Å². The van der Waals surface area contributed by atoms with E-state index < -0.39 is 5.91 Å². The van der Waals surface area contributed by atoms with E-state index in [4.69, 9.17) is 15.2 Å². The van der Waals surface area contributed by atoms with E-state index >= 15 is 0 Å². The van der Waals surface area contributed by atoms with Gasteiger partial charge in [-0.2, -0.15) is 0 Å². The minimum Gasteiger partial charge on any atom is -0.496 e. The largest absolute Gasteiger partial charge is 0.496 e. The molecule has 0 saturated carbocycles. The minimum absolute atomic E-state index is 0.0298. The number of carbonyl (C=O) groups is 2. The third-order valence-corrected chi connectivity index (χ3v) is 6.52. The van der Waals surface area contributed by atoms with Crippen LogP contribution >= 0.6 is 0 Å². The van der Waals surface area contributed by atoms with E-state index in [1.807, 2.05) is 30.3 Å². The lowest BCUT2D eigenvalue weighted by molar-refractivity contribution is 0.0922. The highest BCUT2D eigenvalue weighted by atomic mass is 16.5. The third kappa shape index (κ3) is 6.23. The van der Waals surface area contributed by atoms with Crippen molar-refractivity contribution in [2.24, 2.45) is 5.73 Å². The highest BCUT2D eigenvalue weighted by Gasteiger charge is 2.25. The number of hydrogen-bond donors (Lipinski definition) is 2. The Morgan fingerprint density at radius 3 is 2.42 bits per heavy atom. The average molecular weight is 488 g/mol. The van der Waals surface area contributed by atoms with Crippen LogP contribution in [0.15, 0.2) is 72.8 Å². The number of nitrogens with zero attached hydrogens (tertiary/aromatic N) is 1. The van der Waals surface area contributed by atoms with Gasteiger partial charge in [0.15, 0.2) is 0 Å². The molecule has 1 aliphatic rings. The Morgan fingerprint density at radius 1 is 0.944 bits per heavy atom. The van der Waals surface area contributed by atoms with E-state index in [9.17, 15) is 9.59 Å². The van der Waals surface area contributed by atoms with Gasteiger partial charge in [0.2, 0.25) is 0 Å². The smallest absolute Gasteiger partial charge is 0.252 e. The summed E-state index contributed by atoms with van der Waals surface area (Å²) in [7, 11) is 1.68. The minimum atomic E-state index is -0.544. The average Bonchev–Trinajstić information content (AvgIpc) is 2.93. The molecule has 188 valence electrons. The number of amides is 2. The van der Waals surface area contributed by atoms with Crippen LogP contribution in [0.5, 0.6) is 11.5 Å². The van der Waals surface area contributed by atoms with Gasteiger partial charge in [0.05, 0.1) is 18.7 Å². The highest BCUT2D eigenvalue weighted by molar-refractivity contribution is 5.95. The Kier molecular flexibility index (Phi) is 8.57. The first-order chi connectivity index (χ1) is 17.6. The predicted molar refractivity (Wildman–Crippen MR) is 139 cm³/mol. The van der Waals surface area contributed by atoms with Crippen LogP contribution in [-0.2, 0) is 6.61 Å². The summed E-state index contributed by atoms with van der Waals surface area (Å²) in [5.74, 6) is 0.557. The zero-order valence-electron chi connectivity index (χ0n) is 20.6. The second-order valence-electron chi connectivity index (χ2n) is 8.91. The summed E-state index contributed by atoms with van der Waals surface area (Å²) in [6.45, 7) is 2.69. The lowest BCUT2D eigenvalue weighted by atomic mass is 10.0. The van der Waals surface area contributed by atoms with Gasteiger partial charge in [-0.15, -0.1) is 0 Å². The Balaban J connectivity index is 1.44. The summed E-state index contributed by atoms with van der Waals surface area (Å²) < 4.78 is 11.5. The maximum absolute atomic E-state index is 13.1. The van der Waals surface area contributed by atoms with Crippen molar-refractivity contribution in [3.05, 3.63) is 95.1 Å². The quantitative estimate of drug-likeness (QED) is 0.444. The van der Waals surface area contributed by atoms with Crippen molar-refractivity contribution in [1.29, 1.82) is 0 Å². The summed E-state index contributed by atoms with van der Waals surface area (Å²) in [6.07, 6.45) is 3.54. The summed E-state index contributed by atoms with van der Waals surface area (Å²) in [4.78, 5) is 27.2. The van der Waals surface area contributed by atoms with Crippen molar-refractivity contribution >= 4 is 11.8 Å². The van der Waals surface area contributed by atoms with Crippen LogP contribution in [0.3, 0.4) is 0 Å². The standard InChI is InChI=1S/C29H33N3O4/c1-35-26-14-5-3-12-23(26)25(32-16-7-2-8-17-32)19-31-29(34)22-11-9-10-21(18-22)20-36-27-15-6-4-13-24(27)28(30)33/h3-6,9-15,18,25H,2,7-8,16-17,19-20H2,1H3,(H2,30,33)(H,31,34). The molecule has 1 unspecified atom stereocenters. The Bertz CT molecular complexity index is 1190. The van der Waals surface area contributed by atoms with E-state index in [-0.39, 0.29) is 18.6 Å². The maximum Gasteiger partial charge on any atom is 0.252 e. The number of likely N-dealkylation sites (tertiary alicyclic amines) is 1. The number of carbonyl (C=O) groups excluding carboxylic acids is 2. The number of methoxy groups -OCH3 is 1. The van der Waals surface area contributed by atoms with Gasteiger partial charge in [0.25, 0.3) is 11.8 Å². The van der Waals surface area contributed by atoms with Crippen LogP contribution in [0, 0.1) is 0 Å². The number of hydrogen-bond acceptors (Lipinski definition) is 5. The number of nitrogens with two attached hydrogens (primary N) is 1. The predicted octanol–water partition coefficient (Wildman–Crippen LogP) is 4.33. The molecule has 36 heavy (non-hydrogen) atoms. The molecule has 0 bridgehead atoms. The monoisotopic (exact) mass is 487 g/mol. The molecular formula is C29H33N3O4. The third-order valence-electron chi connectivity index (χ3n) is 6.52. The highest BCUT2D eigenvalue weighted by Crippen LogP contribution is 2.31. The Morgan fingerprint density at radius 2 is 1.67 bits per heavy atom. The number of nitrogens with one attached hydrogen (secondary N) is 1. The van der Waals surface area contributed by atoms with Gasteiger partial charge in [0.1, 0.15) is 18.1 Å². The molecule has 3 N–H and O–H groups in total. The van der Waals surface area contributed by atoms with Crippen molar-refractivity contribution in [2.75, 3.05) is 26.7 Å². The van der Waals surface area contributed by atoms with Crippen LogP contribution in [0.25, 0.3) is 0 Å². The van der Waals surface area contributed by atoms with Gasteiger partial charge < -0.3 is 20.5 Å². The maximum atomic E-state index is 13.1. The zero-order valence-corrected chi connectivity index (χ0v) is 20.6. The molecule has 0 spiro atoms. The normalized spacial score (nSPS) is 14.6. The summed E-state index contributed by atoms with van der Waals surface area (Å²) in [5.41, 5.74) is 8.21. The molecule has 0 aromatic heterocycles. The molecule has 1 saturated heterocycles. The number of para-hydroxylation sites is 2. The van der Waals surface area contributed by atoms with Gasteiger partial charge in [-0.1, -0.05) is 48.9 Å². The summed E-state index contributed by atoms with van der Waals surface area (Å²) >= 11 is 0. The van der Waals surface area contributed by atoms with E-state index in [0.29, 0.717) is 23.4 Å². The number of rotatable bonds is 10. The number of ether oxygens (including phenoxy) is 2. The van der Waals surface area contributed by atoms with E-state index in [0.717, 1.165) is 42.8 Å². The number of primary amides is 1. The first-order valence-corrected chi connectivity index (χ1v) is 12.3. The second-order valence-corrected chi connectivity index (χ2v) is 8.91. The van der Waals surface area contributed by atoms with Crippen molar-refractivity contribution in [3.63, 3.8) is 0 Å². The lowest BCUT2D eigenvalue weighted by Gasteiger charge is -2.35. The molecule has 1 fully saturated rings. The fraction of sp³-hybridized carbons (Fsp3) is 0.310. The molecule has 0 aliphatic carbocycles. The summed E-state index contributed by atoms with van der Waals surface area (Å²) in [5, 5.41) is 3.13. The van der Waals surface area contributed by atoms with Crippen molar-refractivity contribution in [3.8, 4) is 11.5 Å². The molecule has 1 heterocycles. The lowest BCUT2D eigenvalue weighted by Crippen LogP contribution is -2.40. The van der Waals surface area contributed by atoms with Gasteiger partial charge in [-0.25, -0.2) is 0 Å². The zero-order chi connectivity index (χ0) is 25.3. The van der Waals surface area contributed by atoms with E-state index in [2.05, 4.69) is 16.3 Å². The van der Waals surface area contributed by atoms with Crippen LogP contribution in [0.2, 0.25) is 0 Å². The first-order valence-electron chi connectivity index (χ1n) is 12.3. The Labute approximate surface area is 212 Å². The molecule has 4 rings (SSSR count). The molecule has 0 radical (unpaired) electrons. The molecule has 3 aromatic carbocycles. The van der Waals surface area contributed by atoms with Gasteiger partial charge >= 0.3 is 0 Å². The molecule has 1 atom stereocenters. The van der Waals surface area contributed by atoms with Crippen LogP contribution in [0.4, 0.5) is 0 Å². The van der Waals surface area contributed by atoms with E-state index in [1.165, 1.54) is 6.42 Å². The first kappa shape index (κ1) is 25.3. The fourth-order valence-corrected chi connectivity index (χ4v) is 4.66. The number of piperidine rings is 1. The molecule has 7 heteroatoms. The number of benzene rings is 3. The topological polar surface area (TPSA) is 93.9 Å². The summed E-state index contributed by atoms with van der Waals surface area (Å²) in [6, 6.07) is 22.2. The Hall–Kier alpha value is -3.84.